The van der Waals surface area contributed by atoms with Crippen molar-refractivity contribution in [2.24, 2.45) is 0 Å². The smallest absolute Gasteiger partial charge is 0.396 e. The Morgan fingerprint density at radius 1 is 1.20 bits per heavy atom. The lowest BCUT2D eigenvalue weighted by Crippen LogP contribution is -2.26. The number of halogens is 3. The predicted molar refractivity (Wildman–Crippen MR) is 104 cm³/mol. The van der Waals surface area contributed by atoms with Crippen LogP contribution in [0.3, 0.4) is 0 Å². The van der Waals surface area contributed by atoms with Gasteiger partial charge in [-0.2, -0.15) is 13.2 Å². The van der Waals surface area contributed by atoms with Crippen molar-refractivity contribution in [1.29, 1.82) is 0 Å². The van der Waals surface area contributed by atoms with Gasteiger partial charge in [0.05, 0.1) is 4.88 Å². The number of sulfonamides is 1. The van der Waals surface area contributed by atoms with E-state index < -0.39 is 22.0 Å². The van der Waals surface area contributed by atoms with E-state index in [9.17, 15) is 21.6 Å². The number of hydrogen-bond acceptors (Lipinski definition) is 6. The second kappa shape index (κ2) is 7.80. The summed E-state index contributed by atoms with van der Waals surface area (Å²) in [5.41, 5.74) is 1.95. The molecule has 6 nitrogen and oxygen atoms in total. The summed E-state index contributed by atoms with van der Waals surface area (Å²) in [7, 11) is -3.81. The van der Waals surface area contributed by atoms with Crippen LogP contribution < -0.4 is 4.72 Å². The molecule has 0 amide bonds. The van der Waals surface area contributed by atoms with Crippen LogP contribution in [-0.2, 0) is 22.6 Å². The molecule has 2 aromatic heterocycles. The van der Waals surface area contributed by atoms with Gasteiger partial charge < -0.3 is 9.63 Å². The van der Waals surface area contributed by atoms with Crippen LogP contribution in [0.25, 0.3) is 10.6 Å². The largest absolute Gasteiger partial charge is 0.452 e. The highest BCUT2D eigenvalue weighted by atomic mass is 32.2. The van der Waals surface area contributed by atoms with Crippen LogP contribution in [0, 0.1) is 0 Å². The minimum atomic E-state index is -4.66. The molecule has 0 radical (unpaired) electrons. The van der Waals surface area contributed by atoms with Gasteiger partial charge in [-0.05, 0) is 36.1 Å². The van der Waals surface area contributed by atoms with E-state index in [0.717, 1.165) is 28.5 Å². The Morgan fingerprint density at radius 2 is 1.93 bits per heavy atom. The molecule has 0 unspecified atom stereocenters. The Hall–Kier alpha value is -2.21. The van der Waals surface area contributed by atoms with E-state index in [1.165, 1.54) is 12.1 Å². The Bertz CT molecular complexity index is 1140. The molecular weight excluding hydrogens is 441 g/mol. The molecule has 0 spiro atoms. The number of alkyl halides is 3. The first-order valence-electron chi connectivity index (χ1n) is 9.03. The second-order valence-electron chi connectivity index (χ2n) is 6.98. The van der Waals surface area contributed by atoms with Crippen LogP contribution in [0.4, 0.5) is 13.2 Å². The van der Waals surface area contributed by atoms with Crippen molar-refractivity contribution >= 4 is 21.4 Å². The molecule has 0 aliphatic heterocycles. The van der Waals surface area contributed by atoms with E-state index in [0.29, 0.717) is 12.8 Å². The summed E-state index contributed by atoms with van der Waals surface area (Å²) in [4.78, 5) is 0.265. The van der Waals surface area contributed by atoms with Gasteiger partial charge in [0.2, 0.25) is 15.8 Å². The molecule has 3 aromatic rings. The van der Waals surface area contributed by atoms with E-state index in [1.54, 1.807) is 0 Å². The minimum Gasteiger partial charge on any atom is -0.396 e. The summed E-state index contributed by atoms with van der Waals surface area (Å²) in [6, 6.07) is 10.9. The van der Waals surface area contributed by atoms with Gasteiger partial charge in [-0.3, -0.25) is 0 Å². The molecule has 4 rings (SSSR count). The summed E-state index contributed by atoms with van der Waals surface area (Å²) >= 11 is 0.827. The van der Waals surface area contributed by atoms with Crippen molar-refractivity contribution in [2.75, 3.05) is 6.61 Å². The highest BCUT2D eigenvalue weighted by Gasteiger charge is 2.41. The van der Waals surface area contributed by atoms with Crippen LogP contribution in [0.1, 0.15) is 29.2 Å². The molecule has 30 heavy (non-hydrogen) atoms. The topological polar surface area (TPSA) is 92.4 Å². The van der Waals surface area contributed by atoms with Gasteiger partial charge in [-0.25, -0.2) is 13.1 Å². The first-order chi connectivity index (χ1) is 14.2. The Morgan fingerprint density at radius 3 is 2.57 bits per heavy atom. The molecule has 1 aliphatic rings. The lowest BCUT2D eigenvalue weighted by atomic mass is 10.1. The fourth-order valence-electron chi connectivity index (χ4n) is 3.14. The van der Waals surface area contributed by atoms with Gasteiger partial charge in [0.1, 0.15) is 9.90 Å². The molecule has 2 N–H and O–H groups in total. The lowest BCUT2D eigenvalue weighted by Gasteiger charge is -2.05. The maximum absolute atomic E-state index is 12.7. The van der Waals surface area contributed by atoms with Crippen LogP contribution in [0.15, 0.2) is 51.2 Å². The predicted octanol–water partition coefficient (Wildman–Crippen LogP) is 3.79. The van der Waals surface area contributed by atoms with Gasteiger partial charge in [0.15, 0.2) is 0 Å². The van der Waals surface area contributed by atoms with Crippen molar-refractivity contribution in [2.45, 2.75) is 35.2 Å². The number of nitrogens with zero attached hydrogens (tertiary/aromatic N) is 1. The zero-order valence-corrected chi connectivity index (χ0v) is 17.0. The Kier molecular flexibility index (Phi) is 5.47. The zero-order valence-electron chi connectivity index (χ0n) is 15.4. The lowest BCUT2D eigenvalue weighted by molar-refractivity contribution is -0.155. The van der Waals surface area contributed by atoms with Crippen LogP contribution in [0.5, 0.6) is 0 Å². The maximum Gasteiger partial charge on any atom is 0.452 e. The second-order valence-corrected chi connectivity index (χ2v) is 10.0. The molecule has 1 aliphatic carbocycles. The summed E-state index contributed by atoms with van der Waals surface area (Å²) < 4.78 is 70.2. The number of nitrogens with one attached hydrogen (secondary N) is 1. The Labute approximate surface area is 174 Å². The van der Waals surface area contributed by atoms with Crippen molar-refractivity contribution in [1.82, 2.24) is 9.88 Å². The SMILES string of the molecule is O=S(=O)(N[C@@H]1C[C@H]1c1ccc(CCO)cc1)c1ccc(-c2cc(C(F)(F)F)on2)s1. The number of benzene rings is 1. The molecule has 0 saturated heterocycles. The number of rotatable bonds is 7. The first-order valence-corrected chi connectivity index (χ1v) is 11.3. The fraction of sp³-hybridized carbons (Fsp3) is 0.316. The number of hydrogen-bond donors (Lipinski definition) is 2. The van der Waals surface area contributed by atoms with Crippen molar-refractivity contribution in [3.63, 3.8) is 0 Å². The highest BCUT2D eigenvalue weighted by molar-refractivity contribution is 7.91. The van der Waals surface area contributed by atoms with Crippen molar-refractivity contribution < 1.29 is 31.2 Å². The Balaban J connectivity index is 1.43. The summed E-state index contributed by atoms with van der Waals surface area (Å²) in [5.74, 6) is -1.17. The number of aliphatic hydroxyl groups is 1. The first kappa shape index (κ1) is 21.0. The fourth-order valence-corrected chi connectivity index (χ4v) is 5.70. The van der Waals surface area contributed by atoms with E-state index in [-0.39, 0.29) is 33.3 Å². The van der Waals surface area contributed by atoms with E-state index >= 15 is 0 Å². The molecular formula is C19H17F3N2O4S2. The molecule has 11 heteroatoms. The highest BCUT2D eigenvalue weighted by Crippen LogP contribution is 2.42. The van der Waals surface area contributed by atoms with Crippen LogP contribution in [0.2, 0.25) is 0 Å². The summed E-state index contributed by atoms with van der Waals surface area (Å²) in [5, 5.41) is 12.3. The van der Waals surface area contributed by atoms with Crippen LogP contribution >= 0.6 is 11.3 Å². The number of thiophene rings is 1. The van der Waals surface area contributed by atoms with Crippen molar-refractivity contribution in [3.05, 3.63) is 59.4 Å². The number of aromatic nitrogens is 1. The monoisotopic (exact) mass is 458 g/mol. The van der Waals surface area contributed by atoms with E-state index in [1.807, 2.05) is 24.3 Å². The molecule has 2 heterocycles. The zero-order chi connectivity index (χ0) is 21.5. The molecule has 2 atom stereocenters. The average Bonchev–Trinajstić information content (AvgIpc) is 3.11. The summed E-state index contributed by atoms with van der Waals surface area (Å²) in [6.07, 6.45) is -3.43. The molecule has 160 valence electrons. The van der Waals surface area contributed by atoms with Gasteiger partial charge in [-0.15, -0.1) is 11.3 Å². The van der Waals surface area contributed by atoms with Crippen LogP contribution in [-0.4, -0.2) is 31.3 Å². The quantitative estimate of drug-likeness (QED) is 0.562. The minimum absolute atomic E-state index is 0.00185. The van der Waals surface area contributed by atoms with Crippen molar-refractivity contribution in [3.8, 4) is 10.6 Å². The third-order valence-electron chi connectivity index (χ3n) is 4.79. The van der Waals surface area contributed by atoms with Gasteiger partial charge in [0, 0.05) is 24.6 Å². The molecule has 1 aromatic carbocycles. The maximum atomic E-state index is 12.7. The standard InChI is InChI=1S/C19H17F3N2O4S2/c20-19(21,22)17-10-15(23-28-17)16-5-6-18(29-16)30(26,27)24-14-9-13(14)12-3-1-11(2-4-12)7-8-25/h1-6,10,13-14,24-25H,7-9H2/t13-,14+/m0/s1. The third kappa shape index (κ3) is 4.43. The van der Waals surface area contributed by atoms with E-state index in [2.05, 4.69) is 14.4 Å². The van der Waals surface area contributed by atoms with Gasteiger partial charge in [-0.1, -0.05) is 29.4 Å². The normalized spacial score (nSPS) is 19.2. The van der Waals surface area contributed by atoms with E-state index in [4.69, 9.17) is 5.11 Å². The summed E-state index contributed by atoms with van der Waals surface area (Å²) in [6.45, 7) is 0.0693. The van der Waals surface area contributed by atoms with Gasteiger partial charge in [0.25, 0.3) is 0 Å². The molecule has 1 fully saturated rings. The molecule has 1 saturated carbocycles. The number of aliphatic hydroxyl groups excluding tert-OH is 1. The third-order valence-corrected chi connectivity index (χ3v) is 7.88. The average molecular weight is 458 g/mol. The van der Waals surface area contributed by atoms with Gasteiger partial charge >= 0.3 is 6.18 Å². The molecule has 0 bridgehead atoms.